The van der Waals surface area contributed by atoms with Gasteiger partial charge in [-0.15, -0.1) is 0 Å². The van der Waals surface area contributed by atoms with Crippen LogP contribution in [0.3, 0.4) is 0 Å². The van der Waals surface area contributed by atoms with Crippen LogP contribution >= 0.6 is 0 Å². The summed E-state index contributed by atoms with van der Waals surface area (Å²) >= 11 is 0. The molecule has 3 N–H and O–H groups in total. The first-order chi connectivity index (χ1) is 9.63. The van der Waals surface area contributed by atoms with Crippen molar-refractivity contribution in [2.45, 2.75) is 51.2 Å². The lowest BCUT2D eigenvalue weighted by molar-refractivity contribution is 0.135. The van der Waals surface area contributed by atoms with Crippen molar-refractivity contribution in [1.29, 1.82) is 0 Å². The van der Waals surface area contributed by atoms with E-state index in [1.807, 2.05) is 6.07 Å². The fourth-order valence-electron chi connectivity index (χ4n) is 3.87. The molecule has 3 heteroatoms. The van der Waals surface area contributed by atoms with Crippen molar-refractivity contribution in [3.05, 3.63) is 29.3 Å². The van der Waals surface area contributed by atoms with Gasteiger partial charge in [-0.25, -0.2) is 0 Å². The van der Waals surface area contributed by atoms with E-state index in [0.29, 0.717) is 6.04 Å². The van der Waals surface area contributed by atoms with Crippen molar-refractivity contribution >= 4 is 5.69 Å². The highest BCUT2D eigenvalue weighted by Crippen LogP contribution is 2.30. The van der Waals surface area contributed by atoms with E-state index in [0.717, 1.165) is 37.5 Å². The van der Waals surface area contributed by atoms with Gasteiger partial charge in [0.25, 0.3) is 0 Å². The molecule has 20 heavy (non-hydrogen) atoms. The minimum absolute atomic E-state index is 0.111. The molecule has 3 atom stereocenters. The van der Waals surface area contributed by atoms with Crippen LogP contribution in [0, 0.1) is 5.92 Å². The molecule has 0 bridgehead atoms. The number of hydrogen-bond donors (Lipinski definition) is 2. The van der Waals surface area contributed by atoms with E-state index in [-0.39, 0.29) is 6.10 Å². The van der Waals surface area contributed by atoms with Gasteiger partial charge in [-0.2, -0.15) is 0 Å². The average Bonchev–Trinajstić information content (AvgIpc) is 2.75. The third-order valence-electron chi connectivity index (χ3n) is 5.25. The second-order valence-corrected chi connectivity index (χ2v) is 6.54. The van der Waals surface area contributed by atoms with Gasteiger partial charge < -0.3 is 10.8 Å². The Kier molecular flexibility index (Phi) is 3.99. The normalized spacial score (nSPS) is 28.9. The zero-order chi connectivity index (χ0) is 14.1. The van der Waals surface area contributed by atoms with Gasteiger partial charge in [0.1, 0.15) is 0 Å². The molecular weight excluding hydrogens is 248 g/mol. The lowest BCUT2D eigenvalue weighted by atomic mass is 9.91. The molecule has 1 aromatic rings. The van der Waals surface area contributed by atoms with Crippen LogP contribution in [0.15, 0.2) is 18.2 Å². The van der Waals surface area contributed by atoms with Crippen molar-refractivity contribution in [3.8, 4) is 0 Å². The number of likely N-dealkylation sites (tertiary alicyclic amines) is 1. The number of aryl methyl sites for hydroxylation is 2. The molecule has 0 aromatic heterocycles. The molecule has 3 rings (SSSR count). The van der Waals surface area contributed by atoms with Crippen molar-refractivity contribution in [2.75, 3.05) is 18.8 Å². The number of nitrogen functional groups attached to an aromatic ring is 1. The number of nitrogens with two attached hydrogens (primary N) is 1. The van der Waals surface area contributed by atoms with Gasteiger partial charge in [0.05, 0.1) is 6.10 Å². The number of benzene rings is 1. The largest absolute Gasteiger partial charge is 0.399 e. The Morgan fingerprint density at radius 1 is 1.20 bits per heavy atom. The fourth-order valence-corrected chi connectivity index (χ4v) is 3.87. The van der Waals surface area contributed by atoms with Gasteiger partial charge >= 0.3 is 0 Å². The first-order valence-electron chi connectivity index (χ1n) is 7.93. The average molecular weight is 274 g/mol. The van der Waals surface area contributed by atoms with E-state index in [2.05, 4.69) is 24.0 Å². The lowest BCUT2D eigenvalue weighted by Crippen LogP contribution is -2.37. The van der Waals surface area contributed by atoms with E-state index >= 15 is 0 Å². The van der Waals surface area contributed by atoms with E-state index in [1.165, 1.54) is 30.4 Å². The predicted octanol–water partition coefficient (Wildman–Crippen LogP) is 2.22. The van der Waals surface area contributed by atoms with Gasteiger partial charge in [0.15, 0.2) is 0 Å². The van der Waals surface area contributed by atoms with Crippen LogP contribution in [0.4, 0.5) is 5.69 Å². The Hall–Kier alpha value is -1.06. The summed E-state index contributed by atoms with van der Waals surface area (Å²) in [6.45, 7) is 4.25. The minimum atomic E-state index is -0.111. The van der Waals surface area contributed by atoms with Gasteiger partial charge in [-0.1, -0.05) is 6.07 Å². The van der Waals surface area contributed by atoms with Gasteiger partial charge in [-0.05, 0) is 68.2 Å². The van der Waals surface area contributed by atoms with Crippen LogP contribution in [0.2, 0.25) is 0 Å². The summed E-state index contributed by atoms with van der Waals surface area (Å²) < 4.78 is 0. The smallest absolute Gasteiger partial charge is 0.0679 e. The Balaban J connectivity index is 1.67. The van der Waals surface area contributed by atoms with E-state index in [9.17, 15) is 5.11 Å². The molecule has 1 fully saturated rings. The maximum atomic E-state index is 9.72. The van der Waals surface area contributed by atoms with E-state index in [1.54, 1.807) is 0 Å². The van der Waals surface area contributed by atoms with Crippen molar-refractivity contribution in [3.63, 3.8) is 0 Å². The van der Waals surface area contributed by atoms with Gasteiger partial charge in [0, 0.05) is 24.8 Å². The van der Waals surface area contributed by atoms with Gasteiger partial charge in [0.2, 0.25) is 0 Å². The topological polar surface area (TPSA) is 49.5 Å². The maximum Gasteiger partial charge on any atom is 0.0679 e. The highest BCUT2D eigenvalue weighted by atomic mass is 16.3. The summed E-state index contributed by atoms with van der Waals surface area (Å²) in [6.07, 6.45) is 5.63. The lowest BCUT2D eigenvalue weighted by Gasteiger charge is -2.31. The van der Waals surface area contributed by atoms with E-state index < -0.39 is 0 Å². The molecule has 1 aromatic carbocycles. The van der Waals surface area contributed by atoms with Crippen molar-refractivity contribution in [1.82, 2.24) is 4.90 Å². The third-order valence-corrected chi connectivity index (χ3v) is 5.25. The summed E-state index contributed by atoms with van der Waals surface area (Å²) in [7, 11) is 0. The summed E-state index contributed by atoms with van der Waals surface area (Å²) in [6, 6.07) is 6.97. The van der Waals surface area contributed by atoms with Crippen LogP contribution < -0.4 is 5.73 Å². The van der Waals surface area contributed by atoms with Crippen LogP contribution in [0.25, 0.3) is 0 Å². The summed E-state index contributed by atoms with van der Waals surface area (Å²) in [5.41, 5.74) is 9.72. The molecule has 1 saturated heterocycles. The number of aliphatic hydroxyl groups is 1. The minimum Gasteiger partial charge on any atom is -0.399 e. The molecule has 1 aliphatic carbocycles. The molecule has 0 spiro atoms. The number of anilines is 1. The second-order valence-electron chi connectivity index (χ2n) is 6.54. The Morgan fingerprint density at radius 2 is 1.95 bits per heavy atom. The molecule has 1 aliphatic heterocycles. The predicted molar refractivity (Wildman–Crippen MR) is 82.6 cm³/mol. The highest BCUT2D eigenvalue weighted by Gasteiger charge is 2.30. The third kappa shape index (κ3) is 2.84. The molecule has 0 saturated carbocycles. The van der Waals surface area contributed by atoms with Crippen LogP contribution in [0.5, 0.6) is 0 Å². The maximum absolute atomic E-state index is 9.72. The number of β-amino-alcohol motifs (C(OH)–C–C–N with tert-alkyl or cyclic N) is 1. The van der Waals surface area contributed by atoms with Gasteiger partial charge in [-0.3, -0.25) is 4.90 Å². The fraction of sp³-hybridized carbons (Fsp3) is 0.647. The Labute approximate surface area is 121 Å². The monoisotopic (exact) mass is 274 g/mol. The summed E-state index contributed by atoms with van der Waals surface area (Å²) in [4.78, 5) is 2.47. The quantitative estimate of drug-likeness (QED) is 0.642. The van der Waals surface area contributed by atoms with Crippen molar-refractivity contribution in [2.24, 2.45) is 5.92 Å². The molecule has 1 heterocycles. The Bertz CT molecular complexity index is 474. The molecular formula is C17H26N2O. The molecule has 0 amide bonds. The number of nitrogens with zero attached hydrogens (tertiary/aromatic N) is 1. The summed E-state index contributed by atoms with van der Waals surface area (Å²) in [5.74, 6) is 0.730. The Morgan fingerprint density at radius 3 is 2.65 bits per heavy atom. The number of fused-ring (bicyclic) bond motifs is 1. The number of hydrogen-bond acceptors (Lipinski definition) is 3. The molecule has 2 aliphatic rings. The molecule has 3 nitrogen and oxygen atoms in total. The van der Waals surface area contributed by atoms with Crippen LogP contribution in [-0.2, 0) is 12.8 Å². The van der Waals surface area contributed by atoms with Crippen molar-refractivity contribution < 1.29 is 5.11 Å². The first kappa shape index (κ1) is 13.9. The molecule has 2 unspecified atom stereocenters. The molecule has 0 radical (unpaired) electrons. The SMILES string of the molecule is CC(C1CCc2ccc(N)cc2CC1)N1CC[C@@H](O)C1. The number of aliphatic hydroxyl groups excluding tert-OH is 1. The highest BCUT2D eigenvalue weighted by molar-refractivity contribution is 5.45. The van der Waals surface area contributed by atoms with E-state index in [4.69, 9.17) is 5.73 Å². The second kappa shape index (κ2) is 5.74. The van der Waals surface area contributed by atoms with Crippen LogP contribution in [-0.4, -0.2) is 35.2 Å². The van der Waals surface area contributed by atoms with Crippen LogP contribution in [0.1, 0.15) is 37.3 Å². The standard InChI is InChI=1S/C17H26N2O/c1-12(19-9-8-17(20)11-19)13-2-4-14-6-7-16(18)10-15(14)5-3-13/h6-7,10,12-13,17,20H,2-5,8-9,11,18H2,1H3/t12?,13?,17-/m1/s1. The first-order valence-corrected chi connectivity index (χ1v) is 7.93. The molecule has 110 valence electrons. The zero-order valence-electron chi connectivity index (χ0n) is 12.4. The number of rotatable bonds is 2. The zero-order valence-corrected chi connectivity index (χ0v) is 12.4. The summed E-state index contributed by atoms with van der Waals surface area (Å²) in [5, 5.41) is 9.72.